The predicted molar refractivity (Wildman–Crippen MR) is 98.4 cm³/mol. The van der Waals surface area contributed by atoms with Gasteiger partial charge in [-0.05, 0) is 49.2 Å². The molecule has 3 heterocycles. The number of likely N-dealkylation sites (tertiary alicyclic amines) is 1. The second-order valence-electron chi connectivity index (χ2n) is 6.10. The molecule has 132 valence electrons. The molecular formula is C18H19N7O. The molecule has 0 aliphatic carbocycles. The van der Waals surface area contributed by atoms with Gasteiger partial charge in [0, 0.05) is 30.5 Å². The molecule has 0 radical (unpaired) electrons. The Kier molecular flexibility index (Phi) is 4.22. The van der Waals surface area contributed by atoms with Crippen LogP contribution in [0.25, 0.3) is 5.82 Å². The van der Waals surface area contributed by atoms with Gasteiger partial charge in [0.2, 0.25) is 11.9 Å². The first-order valence-corrected chi connectivity index (χ1v) is 8.51. The molecule has 26 heavy (non-hydrogen) atoms. The second kappa shape index (κ2) is 6.83. The molecule has 8 heteroatoms. The fourth-order valence-electron chi connectivity index (χ4n) is 2.95. The predicted octanol–water partition coefficient (Wildman–Crippen LogP) is 2.22. The third-order valence-corrected chi connectivity index (χ3v) is 4.28. The second-order valence-corrected chi connectivity index (χ2v) is 6.10. The van der Waals surface area contributed by atoms with Crippen molar-refractivity contribution in [2.24, 2.45) is 0 Å². The number of nitrogens with zero attached hydrogens (tertiary/aromatic N) is 5. The van der Waals surface area contributed by atoms with E-state index in [2.05, 4.69) is 20.4 Å². The maximum Gasteiger partial charge on any atom is 0.253 e. The summed E-state index contributed by atoms with van der Waals surface area (Å²) in [6, 6.07) is 12.8. The fourth-order valence-corrected chi connectivity index (χ4v) is 2.95. The number of hydrogen-bond acceptors (Lipinski definition) is 6. The third kappa shape index (κ3) is 3.21. The molecule has 4 rings (SSSR count). The van der Waals surface area contributed by atoms with Crippen molar-refractivity contribution in [3.63, 3.8) is 0 Å². The Morgan fingerprint density at radius 3 is 2.54 bits per heavy atom. The molecule has 8 nitrogen and oxygen atoms in total. The van der Waals surface area contributed by atoms with Crippen molar-refractivity contribution in [3.8, 4) is 5.82 Å². The minimum absolute atomic E-state index is 0.0795. The largest absolute Gasteiger partial charge is 0.368 e. The Morgan fingerprint density at radius 1 is 1.08 bits per heavy atom. The summed E-state index contributed by atoms with van der Waals surface area (Å²) in [5.74, 6) is 1.28. The van der Waals surface area contributed by atoms with Gasteiger partial charge >= 0.3 is 0 Å². The number of amides is 1. The van der Waals surface area contributed by atoms with Crippen molar-refractivity contribution in [3.05, 3.63) is 54.2 Å². The number of anilines is 3. The quantitative estimate of drug-likeness (QED) is 0.749. The molecule has 2 aromatic heterocycles. The van der Waals surface area contributed by atoms with E-state index in [1.54, 1.807) is 12.3 Å². The topological polar surface area (TPSA) is 102 Å². The zero-order chi connectivity index (χ0) is 17.9. The molecule has 1 aliphatic heterocycles. The van der Waals surface area contributed by atoms with Gasteiger partial charge in [-0.2, -0.15) is 9.67 Å². The van der Waals surface area contributed by atoms with Crippen LogP contribution < -0.4 is 11.1 Å². The number of nitrogen functional groups attached to an aromatic ring is 1. The lowest BCUT2D eigenvalue weighted by molar-refractivity contribution is 0.0793. The average molecular weight is 349 g/mol. The Morgan fingerprint density at radius 2 is 1.85 bits per heavy atom. The van der Waals surface area contributed by atoms with E-state index in [-0.39, 0.29) is 11.9 Å². The van der Waals surface area contributed by atoms with Crippen LogP contribution in [-0.2, 0) is 0 Å². The SMILES string of the molecule is Nc1nc(Nc2ccc(C(=O)N3CCCC3)cc2)nn1-c1ccccn1. The monoisotopic (exact) mass is 349 g/mol. The van der Waals surface area contributed by atoms with Crippen LogP contribution in [0, 0.1) is 0 Å². The standard InChI is InChI=1S/C18H19N7O/c19-17-22-18(23-25(17)15-5-1-2-10-20-15)21-14-8-6-13(7-9-14)16(26)24-11-3-4-12-24/h1-2,5-10H,3-4,11-12H2,(H3,19,21,22,23). The zero-order valence-electron chi connectivity index (χ0n) is 14.2. The van der Waals surface area contributed by atoms with Crippen molar-refractivity contribution in [1.29, 1.82) is 0 Å². The van der Waals surface area contributed by atoms with Gasteiger partial charge in [0.25, 0.3) is 5.91 Å². The number of rotatable bonds is 4. The van der Waals surface area contributed by atoms with Crippen LogP contribution in [0.2, 0.25) is 0 Å². The van der Waals surface area contributed by atoms with E-state index in [0.717, 1.165) is 31.6 Å². The summed E-state index contributed by atoms with van der Waals surface area (Å²) < 4.78 is 1.47. The molecule has 3 N–H and O–H groups in total. The number of pyridine rings is 1. The molecule has 1 aromatic carbocycles. The summed E-state index contributed by atoms with van der Waals surface area (Å²) in [6.45, 7) is 1.68. The Labute approximate surface area is 150 Å². The van der Waals surface area contributed by atoms with Gasteiger partial charge in [0.1, 0.15) is 0 Å². The van der Waals surface area contributed by atoms with E-state index in [0.29, 0.717) is 17.3 Å². The van der Waals surface area contributed by atoms with Crippen molar-refractivity contribution in [2.45, 2.75) is 12.8 Å². The van der Waals surface area contributed by atoms with E-state index in [9.17, 15) is 4.79 Å². The number of nitrogens with two attached hydrogens (primary N) is 1. The van der Waals surface area contributed by atoms with E-state index in [4.69, 9.17) is 5.73 Å². The smallest absolute Gasteiger partial charge is 0.253 e. The molecule has 0 unspecified atom stereocenters. The Hall–Kier alpha value is -3.42. The highest BCUT2D eigenvalue weighted by molar-refractivity contribution is 5.94. The van der Waals surface area contributed by atoms with Crippen LogP contribution in [-0.4, -0.2) is 43.6 Å². The van der Waals surface area contributed by atoms with Crippen LogP contribution in [0.4, 0.5) is 17.6 Å². The summed E-state index contributed by atoms with van der Waals surface area (Å²) in [6.07, 6.45) is 3.83. The molecule has 1 fully saturated rings. The molecule has 3 aromatic rings. The minimum atomic E-state index is 0.0795. The van der Waals surface area contributed by atoms with E-state index < -0.39 is 0 Å². The summed E-state index contributed by atoms with van der Waals surface area (Å²) in [5.41, 5.74) is 7.38. The van der Waals surface area contributed by atoms with Gasteiger partial charge < -0.3 is 16.0 Å². The summed E-state index contributed by atoms with van der Waals surface area (Å²) in [4.78, 5) is 22.7. The Balaban J connectivity index is 1.48. The van der Waals surface area contributed by atoms with Crippen LogP contribution in [0.15, 0.2) is 48.7 Å². The van der Waals surface area contributed by atoms with Crippen molar-refractivity contribution >= 4 is 23.5 Å². The molecule has 1 aliphatic rings. The first-order valence-electron chi connectivity index (χ1n) is 8.51. The molecule has 0 atom stereocenters. The van der Waals surface area contributed by atoms with E-state index in [1.807, 2.05) is 41.3 Å². The van der Waals surface area contributed by atoms with Crippen molar-refractivity contribution < 1.29 is 4.79 Å². The lowest BCUT2D eigenvalue weighted by Crippen LogP contribution is -2.27. The summed E-state index contributed by atoms with van der Waals surface area (Å²) >= 11 is 0. The van der Waals surface area contributed by atoms with Gasteiger partial charge in [-0.3, -0.25) is 4.79 Å². The average Bonchev–Trinajstić information content (AvgIpc) is 3.32. The number of nitrogens with one attached hydrogen (secondary N) is 1. The van der Waals surface area contributed by atoms with Crippen molar-refractivity contribution in [2.75, 3.05) is 24.1 Å². The third-order valence-electron chi connectivity index (χ3n) is 4.28. The molecule has 1 saturated heterocycles. The van der Waals surface area contributed by atoms with Gasteiger partial charge in [-0.1, -0.05) is 6.07 Å². The molecule has 0 saturated carbocycles. The van der Waals surface area contributed by atoms with E-state index in [1.165, 1.54) is 4.68 Å². The highest BCUT2D eigenvalue weighted by Crippen LogP contribution is 2.19. The van der Waals surface area contributed by atoms with Crippen LogP contribution >= 0.6 is 0 Å². The molecule has 1 amide bonds. The van der Waals surface area contributed by atoms with Crippen LogP contribution in [0.5, 0.6) is 0 Å². The molecular weight excluding hydrogens is 330 g/mol. The maximum absolute atomic E-state index is 12.4. The number of aromatic nitrogens is 4. The van der Waals surface area contributed by atoms with Gasteiger partial charge in [0.15, 0.2) is 5.82 Å². The first kappa shape index (κ1) is 16.1. The highest BCUT2D eigenvalue weighted by atomic mass is 16.2. The van der Waals surface area contributed by atoms with Gasteiger partial charge in [-0.25, -0.2) is 4.98 Å². The number of benzene rings is 1. The molecule has 0 bridgehead atoms. The maximum atomic E-state index is 12.4. The zero-order valence-corrected chi connectivity index (χ0v) is 14.2. The fraction of sp³-hybridized carbons (Fsp3) is 0.222. The van der Waals surface area contributed by atoms with Gasteiger partial charge in [-0.15, -0.1) is 5.10 Å². The molecule has 0 spiro atoms. The Bertz CT molecular complexity index is 899. The normalized spacial score (nSPS) is 13.8. The minimum Gasteiger partial charge on any atom is -0.368 e. The number of hydrogen-bond donors (Lipinski definition) is 2. The van der Waals surface area contributed by atoms with Crippen LogP contribution in [0.3, 0.4) is 0 Å². The summed E-state index contributed by atoms with van der Waals surface area (Å²) in [5, 5.41) is 7.42. The van der Waals surface area contributed by atoms with Crippen LogP contribution in [0.1, 0.15) is 23.2 Å². The number of carbonyl (C=O) groups is 1. The van der Waals surface area contributed by atoms with Crippen molar-refractivity contribution in [1.82, 2.24) is 24.6 Å². The highest BCUT2D eigenvalue weighted by Gasteiger charge is 2.19. The lowest BCUT2D eigenvalue weighted by atomic mass is 10.2. The first-order chi connectivity index (χ1) is 12.7. The number of carbonyl (C=O) groups excluding carboxylic acids is 1. The lowest BCUT2D eigenvalue weighted by Gasteiger charge is -2.15. The van der Waals surface area contributed by atoms with Gasteiger partial charge in [0.05, 0.1) is 0 Å². The summed E-state index contributed by atoms with van der Waals surface area (Å²) in [7, 11) is 0. The van der Waals surface area contributed by atoms with E-state index >= 15 is 0 Å².